The van der Waals surface area contributed by atoms with Crippen LogP contribution in [0.2, 0.25) is 0 Å². The number of hydrogen-bond acceptors (Lipinski definition) is 6. The molecule has 27 heavy (non-hydrogen) atoms. The molecule has 3 aromatic rings. The number of carbonyl (C=O) groups is 1. The highest BCUT2D eigenvalue weighted by Gasteiger charge is 2.29. The summed E-state index contributed by atoms with van der Waals surface area (Å²) in [5.74, 6) is 2.22. The van der Waals surface area contributed by atoms with Gasteiger partial charge in [0.15, 0.2) is 11.5 Å². The zero-order chi connectivity index (χ0) is 18.4. The highest BCUT2D eigenvalue weighted by atomic mass is 16.7. The Bertz CT molecular complexity index is 1020. The van der Waals surface area contributed by atoms with Crippen LogP contribution in [0.4, 0.5) is 0 Å². The maximum Gasteiger partial charge on any atom is 0.257 e. The van der Waals surface area contributed by atoms with Gasteiger partial charge in [0.25, 0.3) is 5.91 Å². The lowest BCUT2D eigenvalue weighted by atomic mass is 10.0. The third-order valence-corrected chi connectivity index (χ3v) is 4.96. The second-order valence-corrected chi connectivity index (χ2v) is 6.56. The molecule has 0 radical (unpaired) electrons. The van der Waals surface area contributed by atoms with Crippen LogP contribution in [-0.2, 0) is 19.5 Å². The fraction of sp³-hybridized carbons (Fsp3) is 0.316. The Hall–Kier alpha value is -3.29. The highest BCUT2D eigenvalue weighted by molar-refractivity contribution is 5.94. The van der Waals surface area contributed by atoms with Crippen molar-refractivity contribution in [1.29, 1.82) is 0 Å². The van der Waals surface area contributed by atoms with Crippen molar-refractivity contribution >= 4 is 5.91 Å². The minimum absolute atomic E-state index is 0.0295. The molecule has 1 amide bonds. The van der Waals surface area contributed by atoms with Gasteiger partial charge in [-0.15, -0.1) is 0 Å². The van der Waals surface area contributed by atoms with Gasteiger partial charge in [-0.1, -0.05) is 5.16 Å². The quantitative estimate of drug-likeness (QED) is 0.708. The first kappa shape index (κ1) is 15.9. The summed E-state index contributed by atoms with van der Waals surface area (Å²) >= 11 is 0. The van der Waals surface area contributed by atoms with Crippen LogP contribution in [0.25, 0.3) is 11.3 Å². The molecule has 0 bridgehead atoms. The van der Waals surface area contributed by atoms with Gasteiger partial charge in [0.1, 0.15) is 11.5 Å². The number of carbonyl (C=O) groups excluding carboxylic acids is 1. The fourth-order valence-electron chi connectivity index (χ4n) is 3.48. The predicted molar refractivity (Wildman–Crippen MR) is 94.4 cm³/mol. The molecule has 1 aromatic carbocycles. The average Bonchev–Trinajstić information content (AvgIpc) is 3.44. The molecule has 4 heterocycles. The number of rotatable bonds is 3. The Kier molecular flexibility index (Phi) is 3.63. The van der Waals surface area contributed by atoms with Crippen LogP contribution in [0.1, 0.15) is 28.6 Å². The zero-order valence-corrected chi connectivity index (χ0v) is 14.8. The summed E-state index contributed by atoms with van der Waals surface area (Å²) in [7, 11) is 0. The van der Waals surface area contributed by atoms with Gasteiger partial charge in [-0.05, 0) is 25.1 Å². The molecule has 0 spiro atoms. The molecule has 0 saturated carbocycles. The molecule has 2 aromatic heterocycles. The van der Waals surface area contributed by atoms with Crippen LogP contribution in [-0.4, -0.2) is 39.1 Å². The van der Waals surface area contributed by atoms with Crippen molar-refractivity contribution in [1.82, 2.24) is 19.8 Å². The molecular formula is C19H18N4O4. The number of nitrogens with zero attached hydrogens (tertiary/aromatic N) is 4. The van der Waals surface area contributed by atoms with Crippen molar-refractivity contribution in [2.24, 2.45) is 0 Å². The Morgan fingerprint density at radius 3 is 3.00 bits per heavy atom. The number of aryl methyl sites for hydroxylation is 1. The van der Waals surface area contributed by atoms with Gasteiger partial charge in [-0.2, -0.15) is 5.10 Å². The molecule has 8 heteroatoms. The maximum absolute atomic E-state index is 12.8. The van der Waals surface area contributed by atoms with E-state index in [0.717, 1.165) is 34.9 Å². The van der Waals surface area contributed by atoms with Crippen LogP contribution in [0.3, 0.4) is 0 Å². The number of hydrogen-bond donors (Lipinski definition) is 0. The topological polar surface area (TPSA) is 82.6 Å². The van der Waals surface area contributed by atoms with E-state index in [4.69, 9.17) is 14.0 Å². The van der Waals surface area contributed by atoms with Crippen molar-refractivity contribution < 1.29 is 18.8 Å². The van der Waals surface area contributed by atoms with Gasteiger partial charge in [0.05, 0.1) is 18.3 Å². The van der Waals surface area contributed by atoms with Crippen LogP contribution >= 0.6 is 0 Å². The van der Waals surface area contributed by atoms with Crippen LogP contribution in [0.15, 0.2) is 35.1 Å². The lowest BCUT2D eigenvalue weighted by Gasteiger charge is -2.25. The van der Waals surface area contributed by atoms with Crippen molar-refractivity contribution in [2.75, 3.05) is 13.3 Å². The normalized spacial score (nSPS) is 15.1. The van der Waals surface area contributed by atoms with E-state index < -0.39 is 0 Å². The SMILES string of the molecule is CCn1cc(C(=O)N2CCc3onc(-c4ccc5c(c4)OCO5)c3C2)cn1. The Morgan fingerprint density at radius 1 is 1.26 bits per heavy atom. The van der Waals surface area contributed by atoms with E-state index >= 15 is 0 Å². The maximum atomic E-state index is 12.8. The smallest absolute Gasteiger partial charge is 0.257 e. The summed E-state index contributed by atoms with van der Waals surface area (Å²) in [6.07, 6.45) is 4.04. The zero-order valence-electron chi connectivity index (χ0n) is 14.8. The van der Waals surface area contributed by atoms with Crippen molar-refractivity contribution in [3.63, 3.8) is 0 Å². The monoisotopic (exact) mass is 366 g/mol. The highest BCUT2D eigenvalue weighted by Crippen LogP contribution is 2.38. The van der Waals surface area contributed by atoms with E-state index in [0.29, 0.717) is 30.8 Å². The van der Waals surface area contributed by atoms with Gasteiger partial charge in [-0.25, -0.2) is 0 Å². The fourth-order valence-corrected chi connectivity index (χ4v) is 3.48. The lowest BCUT2D eigenvalue weighted by Crippen LogP contribution is -2.35. The van der Waals surface area contributed by atoms with Gasteiger partial charge in [0, 0.05) is 36.8 Å². The molecule has 0 saturated heterocycles. The molecule has 5 rings (SSSR count). The van der Waals surface area contributed by atoms with Crippen LogP contribution in [0.5, 0.6) is 11.5 Å². The molecule has 0 atom stereocenters. The van der Waals surface area contributed by atoms with Crippen molar-refractivity contribution in [3.05, 3.63) is 47.5 Å². The first-order valence-electron chi connectivity index (χ1n) is 8.92. The van der Waals surface area contributed by atoms with E-state index in [2.05, 4.69) is 10.3 Å². The standard InChI is InChI=1S/C19H18N4O4/c1-2-23-9-13(8-20-23)19(24)22-6-5-15-14(10-22)18(21-27-15)12-3-4-16-17(7-12)26-11-25-16/h3-4,7-9H,2,5-6,10-11H2,1H3. The third-order valence-electron chi connectivity index (χ3n) is 4.96. The van der Waals surface area contributed by atoms with E-state index in [1.54, 1.807) is 17.1 Å². The number of benzene rings is 1. The summed E-state index contributed by atoms with van der Waals surface area (Å²) in [4.78, 5) is 14.7. The number of aromatic nitrogens is 3. The second-order valence-electron chi connectivity index (χ2n) is 6.56. The van der Waals surface area contributed by atoms with Gasteiger partial charge >= 0.3 is 0 Å². The third kappa shape index (κ3) is 2.64. The minimum atomic E-state index is -0.0295. The van der Waals surface area contributed by atoms with E-state index in [1.807, 2.05) is 30.0 Å². The molecule has 0 unspecified atom stereocenters. The van der Waals surface area contributed by atoms with Crippen LogP contribution in [0, 0.1) is 0 Å². The summed E-state index contributed by atoms with van der Waals surface area (Å²) < 4.78 is 18.1. The molecule has 138 valence electrons. The van der Waals surface area contributed by atoms with Crippen molar-refractivity contribution in [2.45, 2.75) is 26.4 Å². The Labute approximate surface area is 155 Å². The summed E-state index contributed by atoms with van der Waals surface area (Å²) in [5, 5.41) is 8.45. The number of amides is 1. The average molecular weight is 366 g/mol. The summed E-state index contributed by atoms with van der Waals surface area (Å²) in [5.41, 5.74) is 3.17. The lowest BCUT2D eigenvalue weighted by molar-refractivity contribution is 0.0729. The van der Waals surface area contributed by atoms with E-state index in [-0.39, 0.29) is 12.7 Å². The number of ether oxygens (including phenoxy) is 2. The molecule has 2 aliphatic rings. The largest absolute Gasteiger partial charge is 0.454 e. The number of fused-ring (bicyclic) bond motifs is 2. The van der Waals surface area contributed by atoms with Gasteiger partial charge in [-0.3, -0.25) is 9.48 Å². The Balaban J connectivity index is 1.44. The summed E-state index contributed by atoms with van der Waals surface area (Å²) in [6, 6.07) is 5.69. The molecular weight excluding hydrogens is 348 g/mol. The first-order valence-corrected chi connectivity index (χ1v) is 8.92. The molecule has 2 aliphatic heterocycles. The molecule has 0 N–H and O–H groups in total. The van der Waals surface area contributed by atoms with E-state index in [9.17, 15) is 4.79 Å². The van der Waals surface area contributed by atoms with Gasteiger partial charge < -0.3 is 18.9 Å². The molecule has 0 fully saturated rings. The summed E-state index contributed by atoms with van der Waals surface area (Å²) in [6.45, 7) is 4.00. The minimum Gasteiger partial charge on any atom is -0.454 e. The molecule has 0 aliphatic carbocycles. The predicted octanol–water partition coefficient (Wildman–Crippen LogP) is 2.49. The molecule has 8 nitrogen and oxygen atoms in total. The van der Waals surface area contributed by atoms with Crippen molar-refractivity contribution in [3.8, 4) is 22.8 Å². The second kappa shape index (κ2) is 6.15. The van der Waals surface area contributed by atoms with Crippen LogP contribution < -0.4 is 9.47 Å². The first-order chi connectivity index (χ1) is 13.2. The van der Waals surface area contributed by atoms with Gasteiger partial charge in [0.2, 0.25) is 6.79 Å². The Morgan fingerprint density at radius 2 is 2.15 bits per heavy atom. The van der Waals surface area contributed by atoms with E-state index in [1.165, 1.54) is 0 Å².